The first-order chi connectivity index (χ1) is 9.79. The number of rotatable bonds is 8. The highest BCUT2D eigenvalue weighted by Gasteiger charge is 2.25. The zero-order chi connectivity index (χ0) is 15.9. The number of aryl methyl sites for hydroxylation is 1. The van der Waals surface area contributed by atoms with Crippen LogP contribution in [0.4, 0.5) is 0 Å². The third-order valence-corrected chi connectivity index (χ3v) is 3.31. The van der Waals surface area contributed by atoms with E-state index in [0.29, 0.717) is 0 Å². The molecular weight excluding hydrogens is 266 g/mol. The fourth-order valence-corrected chi connectivity index (χ4v) is 2.05. The molecule has 1 N–H and O–H groups in total. The molecule has 0 amide bonds. The van der Waals surface area contributed by atoms with Gasteiger partial charge >= 0.3 is 5.97 Å². The maximum atomic E-state index is 11.4. The largest absolute Gasteiger partial charge is 0.480 e. The van der Waals surface area contributed by atoms with Gasteiger partial charge in [-0.15, -0.1) is 0 Å². The minimum Gasteiger partial charge on any atom is -0.480 e. The molecule has 21 heavy (non-hydrogen) atoms. The van der Waals surface area contributed by atoms with Gasteiger partial charge in [0.1, 0.15) is 6.04 Å². The van der Waals surface area contributed by atoms with Crippen LogP contribution in [-0.4, -0.2) is 47.8 Å². The van der Waals surface area contributed by atoms with Crippen molar-refractivity contribution in [1.82, 2.24) is 4.90 Å². The molecule has 0 heterocycles. The Morgan fingerprint density at radius 3 is 2.43 bits per heavy atom. The molecule has 0 aliphatic heterocycles. The van der Waals surface area contributed by atoms with Gasteiger partial charge in [0.15, 0.2) is 0 Å². The van der Waals surface area contributed by atoms with Crippen molar-refractivity contribution in [3.05, 3.63) is 35.9 Å². The first-order valence-electron chi connectivity index (χ1n) is 7.40. The second-order valence-corrected chi connectivity index (χ2v) is 6.35. The minimum absolute atomic E-state index is 0.209. The summed E-state index contributed by atoms with van der Waals surface area (Å²) >= 11 is 0. The SMILES string of the molecule is CN(CCCc1ccccc1)[C@H](COC(C)(C)C)C(=O)O. The molecule has 0 saturated carbocycles. The van der Waals surface area contributed by atoms with Crippen LogP contribution in [0, 0.1) is 0 Å². The Kier molecular flexibility index (Phi) is 6.85. The quantitative estimate of drug-likeness (QED) is 0.800. The molecule has 0 bridgehead atoms. The van der Waals surface area contributed by atoms with Crippen molar-refractivity contribution in [3.63, 3.8) is 0 Å². The second-order valence-electron chi connectivity index (χ2n) is 6.35. The third-order valence-electron chi connectivity index (χ3n) is 3.31. The van der Waals surface area contributed by atoms with Gasteiger partial charge in [-0.1, -0.05) is 30.3 Å². The number of carboxylic acid groups (broad SMARTS) is 1. The first-order valence-corrected chi connectivity index (χ1v) is 7.40. The number of hydrogen-bond acceptors (Lipinski definition) is 3. The van der Waals surface area contributed by atoms with Crippen molar-refractivity contribution in [3.8, 4) is 0 Å². The fraction of sp³-hybridized carbons (Fsp3) is 0.588. The van der Waals surface area contributed by atoms with E-state index in [2.05, 4.69) is 12.1 Å². The summed E-state index contributed by atoms with van der Waals surface area (Å²) in [5, 5.41) is 9.34. The van der Waals surface area contributed by atoms with E-state index in [1.807, 2.05) is 50.9 Å². The predicted octanol–water partition coefficient (Wildman–Crippen LogP) is 2.82. The van der Waals surface area contributed by atoms with E-state index in [1.54, 1.807) is 0 Å². The monoisotopic (exact) mass is 293 g/mol. The number of ether oxygens (including phenoxy) is 1. The molecule has 0 radical (unpaired) electrons. The van der Waals surface area contributed by atoms with Gasteiger partial charge < -0.3 is 9.84 Å². The van der Waals surface area contributed by atoms with Gasteiger partial charge in [-0.25, -0.2) is 0 Å². The van der Waals surface area contributed by atoms with Gasteiger partial charge in [0.05, 0.1) is 12.2 Å². The van der Waals surface area contributed by atoms with Crippen LogP contribution < -0.4 is 0 Å². The van der Waals surface area contributed by atoms with Crippen LogP contribution in [0.25, 0.3) is 0 Å². The molecular formula is C17H27NO3. The molecule has 0 spiro atoms. The highest BCUT2D eigenvalue weighted by Crippen LogP contribution is 2.10. The highest BCUT2D eigenvalue weighted by molar-refractivity contribution is 5.73. The van der Waals surface area contributed by atoms with Gasteiger partial charge in [-0.3, -0.25) is 9.69 Å². The molecule has 1 aromatic carbocycles. The Labute approximate surface area is 127 Å². The van der Waals surface area contributed by atoms with Gasteiger partial charge in [-0.2, -0.15) is 0 Å². The zero-order valence-electron chi connectivity index (χ0n) is 13.5. The lowest BCUT2D eigenvalue weighted by atomic mass is 10.1. The molecule has 1 aromatic rings. The van der Waals surface area contributed by atoms with E-state index in [-0.39, 0.29) is 12.2 Å². The van der Waals surface area contributed by atoms with E-state index in [9.17, 15) is 9.90 Å². The highest BCUT2D eigenvalue weighted by atomic mass is 16.5. The van der Waals surface area contributed by atoms with Crippen molar-refractivity contribution in [2.75, 3.05) is 20.2 Å². The number of aliphatic carboxylic acids is 1. The fourth-order valence-electron chi connectivity index (χ4n) is 2.05. The van der Waals surface area contributed by atoms with Crippen molar-refractivity contribution < 1.29 is 14.6 Å². The Hall–Kier alpha value is -1.39. The molecule has 0 fully saturated rings. The van der Waals surface area contributed by atoms with Crippen LogP contribution in [0.2, 0.25) is 0 Å². The summed E-state index contributed by atoms with van der Waals surface area (Å²) in [5.41, 5.74) is 0.960. The van der Waals surface area contributed by atoms with Crippen LogP contribution in [0.1, 0.15) is 32.8 Å². The Bertz CT molecular complexity index is 425. The third kappa shape index (κ3) is 7.25. The van der Waals surface area contributed by atoms with Crippen molar-refractivity contribution in [2.24, 2.45) is 0 Å². The number of hydrogen-bond donors (Lipinski definition) is 1. The molecule has 1 rings (SSSR count). The second kappa shape index (κ2) is 8.15. The number of nitrogens with zero attached hydrogens (tertiary/aromatic N) is 1. The lowest BCUT2D eigenvalue weighted by Gasteiger charge is -2.28. The predicted molar refractivity (Wildman–Crippen MR) is 84.5 cm³/mol. The summed E-state index contributed by atoms with van der Waals surface area (Å²) in [6.45, 7) is 6.74. The van der Waals surface area contributed by atoms with Gasteiger partial charge in [0.25, 0.3) is 0 Å². The molecule has 4 heteroatoms. The Morgan fingerprint density at radius 1 is 1.29 bits per heavy atom. The molecule has 118 valence electrons. The van der Waals surface area contributed by atoms with E-state index in [4.69, 9.17) is 4.74 Å². The average molecular weight is 293 g/mol. The lowest BCUT2D eigenvalue weighted by Crippen LogP contribution is -2.44. The van der Waals surface area contributed by atoms with Gasteiger partial charge in [-0.05, 0) is 52.8 Å². The van der Waals surface area contributed by atoms with Gasteiger partial charge in [0, 0.05) is 0 Å². The van der Waals surface area contributed by atoms with Crippen molar-refractivity contribution in [2.45, 2.75) is 45.3 Å². The summed E-state index contributed by atoms with van der Waals surface area (Å²) < 4.78 is 5.62. The number of benzene rings is 1. The number of likely N-dealkylation sites (N-methyl/N-ethyl adjacent to an activating group) is 1. The Balaban J connectivity index is 2.42. The topological polar surface area (TPSA) is 49.8 Å². The van der Waals surface area contributed by atoms with Crippen molar-refractivity contribution in [1.29, 1.82) is 0 Å². The van der Waals surface area contributed by atoms with Crippen LogP contribution in [0.15, 0.2) is 30.3 Å². The maximum absolute atomic E-state index is 11.4. The molecule has 0 aromatic heterocycles. The lowest BCUT2D eigenvalue weighted by molar-refractivity contribution is -0.147. The zero-order valence-corrected chi connectivity index (χ0v) is 13.5. The summed E-state index contributed by atoms with van der Waals surface area (Å²) in [5.74, 6) is -0.832. The van der Waals surface area contributed by atoms with E-state index >= 15 is 0 Å². The molecule has 4 nitrogen and oxygen atoms in total. The summed E-state index contributed by atoms with van der Waals surface area (Å²) in [6, 6.07) is 9.64. The van der Waals surface area contributed by atoms with Crippen LogP contribution in [0.3, 0.4) is 0 Å². The number of carbonyl (C=O) groups is 1. The van der Waals surface area contributed by atoms with Crippen molar-refractivity contribution >= 4 is 5.97 Å². The van der Waals surface area contributed by atoms with Gasteiger partial charge in [0.2, 0.25) is 0 Å². The van der Waals surface area contributed by atoms with E-state index in [0.717, 1.165) is 19.4 Å². The Morgan fingerprint density at radius 2 is 1.90 bits per heavy atom. The molecule has 0 aliphatic rings. The number of carboxylic acids is 1. The normalized spacial score (nSPS) is 13.4. The first kappa shape index (κ1) is 17.7. The summed E-state index contributed by atoms with van der Waals surface area (Å²) in [6.07, 6.45) is 1.89. The van der Waals surface area contributed by atoms with Crippen LogP contribution in [-0.2, 0) is 16.0 Å². The maximum Gasteiger partial charge on any atom is 0.323 e. The van der Waals surface area contributed by atoms with E-state index < -0.39 is 12.0 Å². The summed E-state index contributed by atoms with van der Waals surface area (Å²) in [4.78, 5) is 13.2. The molecule has 1 atom stereocenters. The van der Waals surface area contributed by atoms with Crippen LogP contribution in [0.5, 0.6) is 0 Å². The molecule has 0 aliphatic carbocycles. The van der Waals surface area contributed by atoms with Crippen LogP contribution >= 0.6 is 0 Å². The molecule has 0 saturated heterocycles. The molecule has 0 unspecified atom stereocenters. The standard InChI is InChI=1S/C17H27NO3/c1-17(2,3)21-13-15(16(19)20)18(4)12-8-11-14-9-6-5-7-10-14/h5-7,9-10,15H,8,11-13H2,1-4H3,(H,19,20)/t15-/m1/s1. The average Bonchev–Trinajstić information content (AvgIpc) is 2.38. The smallest absolute Gasteiger partial charge is 0.323 e. The summed E-state index contributed by atoms with van der Waals surface area (Å²) in [7, 11) is 1.84. The minimum atomic E-state index is -0.832. The van der Waals surface area contributed by atoms with E-state index in [1.165, 1.54) is 5.56 Å².